The van der Waals surface area contributed by atoms with Crippen LogP contribution >= 0.6 is 0 Å². The normalized spacial score (nSPS) is 11.8. The first kappa shape index (κ1) is 19.3. The summed E-state index contributed by atoms with van der Waals surface area (Å²) in [5.74, 6) is 0. The summed E-state index contributed by atoms with van der Waals surface area (Å²) in [5, 5.41) is 0. The predicted molar refractivity (Wildman–Crippen MR) is 99.5 cm³/mol. The van der Waals surface area contributed by atoms with Gasteiger partial charge < -0.3 is 0 Å². The Kier molecular flexibility index (Phi) is 9.52. The van der Waals surface area contributed by atoms with Gasteiger partial charge >= 0.3 is 0 Å². The molecule has 0 saturated heterocycles. The fourth-order valence-electron chi connectivity index (χ4n) is 2.90. The Hall–Kier alpha value is -0.780. The molecule has 0 bridgehead atoms. The van der Waals surface area contributed by atoms with Gasteiger partial charge in [0.1, 0.15) is 0 Å². The highest BCUT2D eigenvalue weighted by Crippen LogP contribution is 2.22. The molecule has 0 aliphatic carbocycles. The van der Waals surface area contributed by atoms with Gasteiger partial charge in [0.2, 0.25) is 0 Å². The highest BCUT2D eigenvalue weighted by molar-refractivity contribution is 5.26. The Bertz CT molecular complexity index is 366. The fraction of sp³-hybridized carbons (Fsp3) is 0.727. The predicted octanol–water partition coefficient (Wildman–Crippen LogP) is 7.25. The summed E-state index contributed by atoms with van der Waals surface area (Å²) in [6.07, 6.45) is 15.3. The lowest BCUT2D eigenvalue weighted by Crippen LogP contribution is -2.10. The molecule has 0 fully saturated rings. The number of hydrogen-bond acceptors (Lipinski definition) is 0. The SMILES string of the molecule is CCCCCCCCCCCCc1c[c]c(C(C)(C)C)cc1. The van der Waals surface area contributed by atoms with E-state index >= 15 is 0 Å². The van der Waals surface area contributed by atoms with Crippen molar-refractivity contribution in [3.8, 4) is 0 Å². The molecule has 0 spiro atoms. The van der Waals surface area contributed by atoms with Crippen molar-refractivity contribution in [3.63, 3.8) is 0 Å². The topological polar surface area (TPSA) is 0 Å². The van der Waals surface area contributed by atoms with Crippen molar-refractivity contribution >= 4 is 0 Å². The molecule has 0 heterocycles. The Morgan fingerprint density at radius 3 is 1.77 bits per heavy atom. The van der Waals surface area contributed by atoms with E-state index in [9.17, 15) is 0 Å². The molecule has 1 rings (SSSR count). The zero-order valence-electron chi connectivity index (χ0n) is 15.5. The molecular formula is C22H37. The van der Waals surface area contributed by atoms with E-state index in [4.69, 9.17) is 0 Å². The highest BCUT2D eigenvalue weighted by Gasteiger charge is 2.12. The first-order chi connectivity index (χ1) is 10.5. The largest absolute Gasteiger partial charge is 0.0654 e. The van der Waals surface area contributed by atoms with Crippen LogP contribution in [0.3, 0.4) is 0 Å². The van der Waals surface area contributed by atoms with Crippen LogP contribution in [0, 0.1) is 6.07 Å². The Labute approximate surface area is 139 Å². The summed E-state index contributed by atoms with van der Waals surface area (Å²) in [6.45, 7) is 9.04. The number of rotatable bonds is 11. The zero-order chi connectivity index (χ0) is 16.3. The third kappa shape index (κ3) is 8.61. The van der Waals surface area contributed by atoms with E-state index in [1.165, 1.54) is 81.8 Å². The van der Waals surface area contributed by atoms with Crippen LogP contribution in [0.5, 0.6) is 0 Å². The third-order valence-corrected chi connectivity index (χ3v) is 4.50. The van der Waals surface area contributed by atoms with Gasteiger partial charge in [-0.2, -0.15) is 0 Å². The van der Waals surface area contributed by atoms with E-state index in [0.29, 0.717) is 0 Å². The number of unbranched alkanes of at least 4 members (excludes halogenated alkanes) is 9. The van der Waals surface area contributed by atoms with Crippen LogP contribution in [0.25, 0.3) is 0 Å². The minimum absolute atomic E-state index is 0.218. The van der Waals surface area contributed by atoms with Crippen molar-refractivity contribution in [1.29, 1.82) is 0 Å². The summed E-state index contributed by atoms with van der Waals surface area (Å²) in [5.41, 5.74) is 2.99. The summed E-state index contributed by atoms with van der Waals surface area (Å²) in [7, 11) is 0. The van der Waals surface area contributed by atoms with Crippen LogP contribution in [0.15, 0.2) is 18.2 Å². The van der Waals surface area contributed by atoms with Crippen molar-refractivity contribution in [1.82, 2.24) is 0 Å². The van der Waals surface area contributed by atoms with Crippen molar-refractivity contribution < 1.29 is 0 Å². The minimum Gasteiger partial charge on any atom is -0.0654 e. The van der Waals surface area contributed by atoms with E-state index in [2.05, 4.69) is 52.0 Å². The first-order valence-electron chi connectivity index (χ1n) is 9.55. The smallest absolute Gasteiger partial charge is 0.0126 e. The maximum absolute atomic E-state index is 3.46. The van der Waals surface area contributed by atoms with Gasteiger partial charge in [-0.3, -0.25) is 0 Å². The van der Waals surface area contributed by atoms with Crippen molar-refractivity contribution in [2.75, 3.05) is 0 Å². The molecule has 1 radical (unpaired) electrons. The molecule has 0 aromatic heterocycles. The van der Waals surface area contributed by atoms with Gasteiger partial charge in [-0.15, -0.1) is 0 Å². The van der Waals surface area contributed by atoms with Gasteiger partial charge in [-0.05, 0) is 35.4 Å². The Morgan fingerprint density at radius 1 is 0.773 bits per heavy atom. The highest BCUT2D eigenvalue weighted by atomic mass is 14.2. The second-order valence-electron chi connectivity index (χ2n) is 7.79. The van der Waals surface area contributed by atoms with Crippen LogP contribution in [-0.2, 0) is 11.8 Å². The maximum Gasteiger partial charge on any atom is -0.0126 e. The van der Waals surface area contributed by atoms with Crippen molar-refractivity contribution in [2.45, 2.75) is 104 Å². The van der Waals surface area contributed by atoms with Gasteiger partial charge in [0.25, 0.3) is 0 Å². The first-order valence-corrected chi connectivity index (χ1v) is 9.55. The van der Waals surface area contributed by atoms with E-state index in [1.54, 1.807) is 0 Å². The van der Waals surface area contributed by atoms with Crippen LogP contribution in [0.1, 0.15) is 103 Å². The second-order valence-corrected chi connectivity index (χ2v) is 7.79. The van der Waals surface area contributed by atoms with Gasteiger partial charge in [0, 0.05) is 0 Å². The van der Waals surface area contributed by atoms with E-state index in [1.807, 2.05) is 0 Å². The summed E-state index contributed by atoms with van der Waals surface area (Å²) in [6, 6.07) is 10.2. The molecule has 0 N–H and O–H groups in total. The minimum atomic E-state index is 0.218. The monoisotopic (exact) mass is 301 g/mol. The van der Waals surface area contributed by atoms with Crippen LogP contribution in [0.4, 0.5) is 0 Å². The van der Waals surface area contributed by atoms with E-state index in [0.717, 1.165) is 0 Å². The molecule has 0 aliphatic heterocycles. The molecule has 0 nitrogen and oxygen atoms in total. The summed E-state index contributed by atoms with van der Waals surface area (Å²) < 4.78 is 0. The second kappa shape index (κ2) is 10.9. The Morgan fingerprint density at radius 2 is 1.32 bits per heavy atom. The van der Waals surface area contributed by atoms with Gasteiger partial charge in [-0.25, -0.2) is 0 Å². The molecule has 0 saturated carbocycles. The lowest BCUT2D eigenvalue weighted by molar-refractivity contribution is 0.556. The average Bonchev–Trinajstić information content (AvgIpc) is 2.49. The summed E-state index contributed by atoms with van der Waals surface area (Å²) in [4.78, 5) is 0. The number of hydrogen-bond donors (Lipinski definition) is 0. The number of aryl methyl sites for hydroxylation is 1. The molecule has 1 aromatic rings. The van der Waals surface area contributed by atoms with Gasteiger partial charge in [-0.1, -0.05) is 104 Å². The average molecular weight is 302 g/mol. The molecule has 1 aromatic carbocycles. The molecule has 0 atom stereocenters. The van der Waals surface area contributed by atoms with E-state index in [-0.39, 0.29) is 5.41 Å². The van der Waals surface area contributed by atoms with Crippen LogP contribution < -0.4 is 0 Å². The molecular weight excluding hydrogens is 264 g/mol. The molecule has 22 heavy (non-hydrogen) atoms. The van der Waals surface area contributed by atoms with Gasteiger partial charge in [0.15, 0.2) is 0 Å². The zero-order valence-corrected chi connectivity index (χ0v) is 15.5. The lowest BCUT2D eigenvalue weighted by Gasteiger charge is -2.18. The molecule has 0 aliphatic rings. The van der Waals surface area contributed by atoms with Crippen LogP contribution in [0.2, 0.25) is 0 Å². The van der Waals surface area contributed by atoms with Gasteiger partial charge in [0.05, 0.1) is 0 Å². The number of benzene rings is 1. The van der Waals surface area contributed by atoms with Crippen LogP contribution in [-0.4, -0.2) is 0 Å². The van der Waals surface area contributed by atoms with Crippen molar-refractivity contribution in [2.24, 2.45) is 0 Å². The molecule has 0 unspecified atom stereocenters. The Balaban J connectivity index is 2.03. The lowest BCUT2D eigenvalue weighted by atomic mass is 9.86. The molecule has 0 amide bonds. The fourth-order valence-corrected chi connectivity index (χ4v) is 2.90. The molecule has 125 valence electrons. The standard InChI is InChI=1S/C22H37/c1-5-6-7-8-9-10-11-12-13-14-15-20-16-18-21(19-17-20)22(2,3)4/h16-18H,5-15H2,1-4H3. The quantitative estimate of drug-likeness (QED) is 0.378. The third-order valence-electron chi connectivity index (χ3n) is 4.50. The van der Waals surface area contributed by atoms with E-state index < -0.39 is 0 Å². The molecule has 0 heteroatoms. The van der Waals surface area contributed by atoms with Crippen molar-refractivity contribution in [3.05, 3.63) is 35.4 Å². The maximum atomic E-state index is 3.46. The summed E-state index contributed by atoms with van der Waals surface area (Å²) >= 11 is 0.